The molecule has 0 bridgehead atoms. The van der Waals surface area contributed by atoms with Crippen LogP contribution in [0.15, 0.2) is 0 Å². The number of carbonyl (C=O) groups is 2. The molecule has 3 amide bonds. The van der Waals surface area contributed by atoms with Gasteiger partial charge in [0.1, 0.15) is 0 Å². The van der Waals surface area contributed by atoms with E-state index in [9.17, 15) is 9.59 Å². The van der Waals surface area contributed by atoms with Gasteiger partial charge in [-0.25, -0.2) is 4.79 Å². The molecule has 3 heterocycles. The van der Waals surface area contributed by atoms with E-state index in [0.717, 1.165) is 58.2 Å². The van der Waals surface area contributed by atoms with E-state index in [1.807, 2.05) is 9.80 Å². The molecule has 3 aliphatic heterocycles. The molecule has 124 valence electrons. The first-order chi connectivity index (χ1) is 10.7. The third kappa shape index (κ3) is 3.72. The Balaban J connectivity index is 1.51. The zero-order valence-electron chi connectivity index (χ0n) is 13.3. The predicted octanol–water partition coefficient (Wildman–Crippen LogP) is 1.35. The summed E-state index contributed by atoms with van der Waals surface area (Å²) in [6.07, 6.45) is 7.11. The fourth-order valence-corrected chi connectivity index (χ4v) is 3.72. The molecular formula is C16H27N3O3. The third-order valence-corrected chi connectivity index (χ3v) is 5.00. The summed E-state index contributed by atoms with van der Waals surface area (Å²) in [5.41, 5.74) is 0. The number of ether oxygens (including phenoxy) is 1. The Labute approximate surface area is 132 Å². The number of hydrogen-bond acceptors (Lipinski definition) is 3. The van der Waals surface area contributed by atoms with Crippen LogP contribution in [0.3, 0.4) is 0 Å². The standard InChI is InChI=1S/C16H27N3O3/c20-15-7-3-8-18(15)12-13-5-1-2-9-19(13)16(21)17-11-14-6-4-10-22-14/h13-14H,1-12H2,(H,17,21)/t13-,14+/m1/s1. The van der Waals surface area contributed by atoms with Gasteiger partial charge in [0, 0.05) is 39.2 Å². The molecule has 2 atom stereocenters. The number of likely N-dealkylation sites (tertiary alicyclic amines) is 2. The second kappa shape index (κ2) is 7.31. The number of rotatable bonds is 4. The molecule has 1 N–H and O–H groups in total. The summed E-state index contributed by atoms with van der Waals surface area (Å²) in [5, 5.41) is 3.02. The van der Waals surface area contributed by atoms with E-state index in [1.165, 1.54) is 0 Å². The van der Waals surface area contributed by atoms with Gasteiger partial charge in [-0.3, -0.25) is 4.79 Å². The summed E-state index contributed by atoms with van der Waals surface area (Å²) in [6, 6.07) is 0.173. The first-order valence-electron chi connectivity index (χ1n) is 8.68. The lowest BCUT2D eigenvalue weighted by atomic mass is 10.0. The van der Waals surface area contributed by atoms with Gasteiger partial charge in [0.05, 0.1) is 12.1 Å². The van der Waals surface area contributed by atoms with Crippen LogP contribution in [0.5, 0.6) is 0 Å². The molecule has 3 fully saturated rings. The van der Waals surface area contributed by atoms with Crippen LogP contribution in [0.25, 0.3) is 0 Å². The highest BCUT2D eigenvalue weighted by molar-refractivity contribution is 5.78. The number of urea groups is 1. The van der Waals surface area contributed by atoms with E-state index in [4.69, 9.17) is 4.74 Å². The van der Waals surface area contributed by atoms with Crippen LogP contribution in [0.2, 0.25) is 0 Å². The van der Waals surface area contributed by atoms with Crippen LogP contribution >= 0.6 is 0 Å². The van der Waals surface area contributed by atoms with Crippen molar-refractivity contribution in [2.45, 2.75) is 57.1 Å². The van der Waals surface area contributed by atoms with E-state index in [2.05, 4.69) is 5.32 Å². The van der Waals surface area contributed by atoms with E-state index in [-0.39, 0.29) is 24.1 Å². The smallest absolute Gasteiger partial charge is 0.317 e. The van der Waals surface area contributed by atoms with Crippen molar-refractivity contribution in [3.8, 4) is 0 Å². The molecule has 6 heteroatoms. The lowest BCUT2D eigenvalue weighted by molar-refractivity contribution is -0.128. The normalized spacial score (nSPS) is 29.2. The molecule has 0 aliphatic carbocycles. The average molecular weight is 309 g/mol. The van der Waals surface area contributed by atoms with Crippen LogP contribution in [0.1, 0.15) is 44.9 Å². The molecule has 0 aromatic carbocycles. The van der Waals surface area contributed by atoms with Gasteiger partial charge in [-0.1, -0.05) is 0 Å². The van der Waals surface area contributed by atoms with Gasteiger partial charge in [0.2, 0.25) is 5.91 Å². The molecule has 6 nitrogen and oxygen atoms in total. The molecule has 0 aromatic rings. The Morgan fingerprint density at radius 1 is 1.18 bits per heavy atom. The van der Waals surface area contributed by atoms with Crippen LogP contribution in [-0.2, 0) is 9.53 Å². The van der Waals surface area contributed by atoms with Crippen LogP contribution < -0.4 is 5.32 Å². The largest absolute Gasteiger partial charge is 0.376 e. The highest BCUT2D eigenvalue weighted by atomic mass is 16.5. The minimum Gasteiger partial charge on any atom is -0.376 e. The second-order valence-corrected chi connectivity index (χ2v) is 6.61. The molecule has 22 heavy (non-hydrogen) atoms. The number of carbonyl (C=O) groups excluding carboxylic acids is 2. The van der Waals surface area contributed by atoms with Crippen LogP contribution in [0.4, 0.5) is 4.79 Å². The van der Waals surface area contributed by atoms with Gasteiger partial charge >= 0.3 is 6.03 Å². The van der Waals surface area contributed by atoms with E-state index >= 15 is 0 Å². The Morgan fingerprint density at radius 2 is 2.09 bits per heavy atom. The third-order valence-electron chi connectivity index (χ3n) is 5.00. The lowest BCUT2D eigenvalue weighted by Crippen LogP contribution is -2.53. The van der Waals surface area contributed by atoms with E-state index in [1.54, 1.807) is 0 Å². The molecule has 0 aromatic heterocycles. The molecule has 3 aliphatic rings. The van der Waals surface area contributed by atoms with E-state index in [0.29, 0.717) is 19.5 Å². The molecule has 3 saturated heterocycles. The molecule has 0 unspecified atom stereocenters. The van der Waals surface area contributed by atoms with Crippen molar-refractivity contribution < 1.29 is 14.3 Å². The average Bonchev–Trinajstić information content (AvgIpc) is 3.18. The summed E-state index contributed by atoms with van der Waals surface area (Å²) >= 11 is 0. The van der Waals surface area contributed by atoms with Crippen molar-refractivity contribution in [3.63, 3.8) is 0 Å². The minimum absolute atomic E-state index is 0.00634. The lowest BCUT2D eigenvalue weighted by Gasteiger charge is -2.38. The Kier molecular flexibility index (Phi) is 5.18. The summed E-state index contributed by atoms with van der Waals surface area (Å²) < 4.78 is 5.55. The fourth-order valence-electron chi connectivity index (χ4n) is 3.72. The Bertz CT molecular complexity index is 409. The highest BCUT2D eigenvalue weighted by Crippen LogP contribution is 2.21. The Morgan fingerprint density at radius 3 is 2.82 bits per heavy atom. The summed E-state index contributed by atoms with van der Waals surface area (Å²) in [6.45, 7) is 3.76. The summed E-state index contributed by atoms with van der Waals surface area (Å²) in [4.78, 5) is 28.2. The first kappa shape index (κ1) is 15.6. The molecular weight excluding hydrogens is 282 g/mol. The van der Waals surface area contributed by atoms with Gasteiger partial charge in [0.15, 0.2) is 0 Å². The number of piperidine rings is 1. The number of amides is 3. The molecule has 0 spiro atoms. The minimum atomic E-state index is 0.00634. The number of hydrogen-bond donors (Lipinski definition) is 1. The summed E-state index contributed by atoms with van der Waals surface area (Å²) in [5.74, 6) is 0.241. The number of nitrogens with zero attached hydrogens (tertiary/aromatic N) is 2. The highest BCUT2D eigenvalue weighted by Gasteiger charge is 2.31. The molecule has 3 rings (SSSR count). The number of nitrogens with one attached hydrogen (secondary N) is 1. The zero-order valence-corrected chi connectivity index (χ0v) is 13.3. The zero-order chi connectivity index (χ0) is 15.4. The van der Waals surface area contributed by atoms with E-state index < -0.39 is 0 Å². The monoisotopic (exact) mass is 309 g/mol. The van der Waals surface area contributed by atoms with Crippen molar-refractivity contribution in [1.29, 1.82) is 0 Å². The van der Waals surface area contributed by atoms with Crippen LogP contribution in [0, 0.1) is 0 Å². The van der Waals surface area contributed by atoms with Crippen molar-refractivity contribution in [2.75, 3.05) is 32.8 Å². The summed E-state index contributed by atoms with van der Waals surface area (Å²) in [7, 11) is 0. The van der Waals surface area contributed by atoms with Gasteiger partial charge in [-0.05, 0) is 38.5 Å². The quantitative estimate of drug-likeness (QED) is 0.853. The Hall–Kier alpha value is -1.30. The van der Waals surface area contributed by atoms with Crippen molar-refractivity contribution in [3.05, 3.63) is 0 Å². The van der Waals surface area contributed by atoms with Gasteiger partial charge in [0.25, 0.3) is 0 Å². The maximum absolute atomic E-state index is 12.5. The van der Waals surface area contributed by atoms with Crippen molar-refractivity contribution in [1.82, 2.24) is 15.1 Å². The van der Waals surface area contributed by atoms with Gasteiger partial charge in [-0.2, -0.15) is 0 Å². The van der Waals surface area contributed by atoms with Crippen LogP contribution in [-0.4, -0.2) is 66.7 Å². The predicted molar refractivity (Wildman–Crippen MR) is 82.5 cm³/mol. The van der Waals surface area contributed by atoms with Gasteiger partial charge in [-0.15, -0.1) is 0 Å². The maximum atomic E-state index is 12.5. The first-order valence-corrected chi connectivity index (χ1v) is 8.68. The molecule has 0 saturated carbocycles. The topological polar surface area (TPSA) is 61.9 Å². The maximum Gasteiger partial charge on any atom is 0.317 e. The van der Waals surface area contributed by atoms with Crippen molar-refractivity contribution >= 4 is 11.9 Å². The van der Waals surface area contributed by atoms with Crippen molar-refractivity contribution in [2.24, 2.45) is 0 Å². The van der Waals surface area contributed by atoms with Gasteiger partial charge < -0.3 is 19.9 Å². The SMILES string of the molecule is O=C1CCCN1C[C@H]1CCCCN1C(=O)NC[C@@H]1CCCO1. The molecule has 0 radical (unpaired) electrons. The second-order valence-electron chi connectivity index (χ2n) is 6.61. The fraction of sp³-hybridized carbons (Fsp3) is 0.875.